The van der Waals surface area contributed by atoms with E-state index in [0.29, 0.717) is 0 Å². The van der Waals surface area contributed by atoms with Gasteiger partial charge in [0.05, 0.1) is 16.7 Å². The molecule has 0 aromatic carbocycles. The van der Waals surface area contributed by atoms with Gasteiger partial charge in [-0.2, -0.15) is 0 Å². The highest BCUT2D eigenvalue weighted by molar-refractivity contribution is 7.10. The fraction of sp³-hybridized carbons (Fsp3) is 0.417. The van der Waals surface area contributed by atoms with Crippen LogP contribution in [0, 0.1) is 13.8 Å². The predicted octanol–water partition coefficient (Wildman–Crippen LogP) is 3.52. The molecule has 0 aliphatic carbocycles. The van der Waals surface area contributed by atoms with Gasteiger partial charge < -0.3 is 5.32 Å². The highest BCUT2D eigenvalue weighted by Crippen LogP contribution is 2.29. The van der Waals surface area contributed by atoms with Crippen molar-refractivity contribution in [2.24, 2.45) is 0 Å². The van der Waals surface area contributed by atoms with Gasteiger partial charge in [-0.3, -0.25) is 0 Å². The monoisotopic (exact) mass is 252 g/mol. The van der Waals surface area contributed by atoms with Crippen LogP contribution in [-0.4, -0.2) is 11.5 Å². The van der Waals surface area contributed by atoms with E-state index in [2.05, 4.69) is 47.9 Å². The number of nitrogens with zero attached hydrogens (tertiary/aromatic N) is 1. The van der Waals surface area contributed by atoms with E-state index >= 15 is 0 Å². The van der Waals surface area contributed by atoms with Crippen molar-refractivity contribution in [3.05, 3.63) is 38.0 Å². The van der Waals surface area contributed by atoms with Crippen molar-refractivity contribution in [1.82, 2.24) is 10.3 Å². The minimum atomic E-state index is 0.259. The van der Waals surface area contributed by atoms with Crippen molar-refractivity contribution in [2.75, 3.05) is 6.54 Å². The summed E-state index contributed by atoms with van der Waals surface area (Å²) in [6.45, 7) is 7.31. The van der Waals surface area contributed by atoms with Gasteiger partial charge in [-0.1, -0.05) is 6.92 Å². The first-order valence-electron chi connectivity index (χ1n) is 5.41. The van der Waals surface area contributed by atoms with E-state index in [1.54, 1.807) is 22.7 Å². The second-order valence-corrected chi connectivity index (χ2v) is 5.76. The van der Waals surface area contributed by atoms with Crippen molar-refractivity contribution in [1.29, 1.82) is 0 Å². The summed E-state index contributed by atoms with van der Waals surface area (Å²) < 4.78 is 0. The third-order valence-corrected chi connectivity index (χ3v) is 4.38. The van der Waals surface area contributed by atoms with Crippen LogP contribution in [0.25, 0.3) is 0 Å². The van der Waals surface area contributed by atoms with Crippen LogP contribution in [-0.2, 0) is 0 Å². The average molecular weight is 252 g/mol. The summed E-state index contributed by atoms with van der Waals surface area (Å²) in [5.74, 6) is 0. The molecule has 0 saturated carbocycles. The van der Waals surface area contributed by atoms with Crippen LogP contribution in [0.5, 0.6) is 0 Å². The molecule has 1 unspecified atom stereocenters. The molecule has 0 radical (unpaired) electrons. The van der Waals surface area contributed by atoms with Gasteiger partial charge in [-0.25, -0.2) is 4.98 Å². The van der Waals surface area contributed by atoms with E-state index in [0.717, 1.165) is 17.2 Å². The maximum absolute atomic E-state index is 4.59. The number of rotatable bonds is 4. The van der Waals surface area contributed by atoms with Crippen molar-refractivity contribution in [2.45, 2.75) is 26.8 Å². The van der Waals surface area contributed by atoms with Gasteiger partial charge in [0.15, 0.2) is 0 Å². The summed E-state index contributed by atoms with van der Waals surface area (Å²) >= 11 is 3.52. The maximum Gasteiger partial charge on any atom is 0.0898 e. The summed E-state index contributed by atoms with van der Waals surface area (Å²) in [5.41, 5.74) is 2.50. The first-order chi connectivity index (χ1) is 7.72. The minimum absolute atomic E-state index is 0.259. The Balaban J connectivity index is 2.34. The van der Waals surface area contributed by atoms with Crippen LogP contribution < -0.4 is 5.32 Å². The van der Waals surface area contributed by atoms with Crippen molar-refractivity contribution < 1.29 is 0 Å². The zero-order valence-corrected chi connectivity index (χ0v) is 11.4. The number of aromatic nitrogens is 1. The first-order valence-corrected chi connectivity index (χ1v) is 7.17. The normalized spacial score (nSPS) is 12.9. The smallest absolute Gasteiger partial charge is 0.0898 e. The molecule has 2 aromatic rings. The molecule has 2 heterocycles. The lowest BCUT2D eigenvalue weighted by Gasteiger charge is -2.15. The van der Waals surface area contributed by atoms with Crippen LogP contribution >= 0.6 is 22.7 Å². The molecule has 0 fully saturated rings. The molecule has 1 atom stereocenters. The average Bonchev–Trinajstić information content (AvgIpc) is 2.84. The van der Waals surface area contributed by atoms with Crippen molar-refractivity contribution >= 4 is 22.7 Å². The number of nitrogens with one attached hydrogen (secondary N) is 1. The van der Waals surface area contributed by atoms with Crippen molar-refractivity contribution in [3.8, 4) is 0 Å². The zero-order valence-electron chi connectivity index (χ0n) is 9.78. The Bertz CT molecular complexity index is 459. The Labute approximate surface area is 104 Å². The largest absolute Gasteiger partial charge is 0.305 e. The molecule has 0 amide bonds. The highest BCUT2D eigenvalue weighted by Gasteiger charge is 2.18. The van der Waals surface area contributed by atoms with Crippen LogP contribution in [0.15, 0.2) is 16.8 Å². The predicted molar refractivity (Wildman–Crippen MR) is 71.4 cm³/mol. The molecule has 1 N–H and O–H groups in total. The molecule has 0 aliphatic heterocycles. The fourth-order valence-corrected chi connectivity index (χ4v) is 3.38. The van der Waals surface area contributed by atoms with Crippen LogP contribution in [0.2, 0.25) is 0 Å². The van der Waals surface area contributed by atoms with E-state index < -0.39 is 0 Å². The number of hydrogen-bond donors (Lipinski definition) is 1. The van der Waals surface area contributed by atoms with Crippen LogP contribution in [0.3, 0.4) is 0 Å². The minimum Gasteiger partial charge on any atom is -0.305 e. The second kappa shape index (κ2) is 5.08. The standard InChI is InChI=1S/C12H16N2S2/c1-4-13-11(10-7-16-9(3)14-10)12-8(2)5-6-15-12/h5-7,11,13H,4H2,1-3H3. The van der Waals surface area contributed by atoms with E-state index in [-0.39, 0.29) is 6.04 Å². The van der Waals surface area contributed by atoms with Gasteiger partial charge in [0.25, 0.3) is 0 Å². The molecule has 0 spiro atoms. The summed E-state index contributed by atoms with van der Waals surface area (Å²) in [6.07, 6.45) is 0. The van der Waals surface area contributed by atoms with Gasteiger partial charge in [-0.15, -0.1) is 22.7 Å². The number of thiazole rings is 1. The molecular formula is C12H16N2S2. The van der Waals surface area contributed by atoms with Gasteiger partial charge in [0.2, 0.25) is 0 Å². The molecule has 4 heteroatoms. The number of aryl methyl sites for hydroxylation is 2. The number of hydrogen-bond acceptors (Lipinski definition) is 4. The van der Waals surface area contributed by atoms with Gasteiger partial charge in [0.1, 0.15) is 0 Å². The zero-order chi connectivity index (χ0) is 11.5. The Morgan fingerprint density at radius 1 is 1.38 bits per heavy atom. The lowest BCUT2D eigenvalue weighted by atomic mass is 10.1. The third-order valence-electron chi connectivity index (χ3n) is 2.50. The fourth-order valence-electron chi connectivity index (χ4n) is 1.73. The Morgan fingerprint density at radius 2 is 2.19 bits per heavy atom. The number of thiophene rings is 1. The molecule has 86 valence electrons. The summed E-state index contributed by atoms with van der Waals surface area (Å²) in [4.78, 5) is 5.97. The third kappa shape index (κ3) is 2.34. The van der Waals surface area contributed by atoms with Gasteiger partial charge >= 0.3 is 0 Å². The van der Waals surface area contributed by atoms with Crippen LogP contribution in [0.4, 0.5) is 0 Å². The molecule has 2 nitrogen and oxygen atoms in total. The van der Waals surface area contributed by atoms with Gasteiger partial charge in [-0.05, 0) is 37.4 Å². The molecule has 16 heavy (non-hydrogen) atoms. The Kier molecular flexibility index (Phi) is 3.74. The SMILES string of the molecule is CCNC(c1csc(C)n1)c1sccc1C. The topological polar surface area (TPSA) is 24.9 Å². The van der Waals surface area contributed by atoms with E-state index in [1.165, 1.54) is 10.4 Å². The lowest BCUT2D eigenvalue weighted by molar-refractivity contribution is 0.624. The molecule has 0 aliphatic rings. The van der Waals surface area contributed by atoms with Crippen molar-refractivity contribution in [3.63, 3.8) is 0 Å². The first kappa shape index (κ1) is 11.8. The molecule has 2 aromatic heterocycles. The molecule has 0 bridgehead atoms. The Morgan fingerprint density at radius 3 is 2.69 bits per heavy atom. The van der Waals surface area contributed by atoms with E-state index in [4.69, 9.17) is 0 Å². The summed E-state index contributed by atoms with van der Waals surface area (Å²) in [6, 6.07) is 2.43. The van der Waals surface area contributed by atoms with Gasteiger partial charge in [0, 0.05) is 10.3 Å². The van der Waals surface area contributed by atoms with Crippen LogP contribution in [0.1, 0.15) is 34.1 Å². The Hall–Kier alpha value is -0.710. The summed E-state index contributed by atoms with van der Waals surface area (Å²) in [7, 11) is 0. The molecule has 2 rings (SSSR count). The quantitative estimate of drug-likeness (QED) is 0.900. The maximum atomic E-state index is 4.59. The van der Waals surface area contributed by atoms with E-state index in [1.807, 2.05) is 0 Å². The summed E-state index contributed by atoms with van der Waals surface area (Å²) in [5, 5.41) is 8.94. The lowest BCUT2D eigenvalue weighted by Crippen LogP contribution is -2.22. The molecular weight excluding hydrogens is 236 g/mol. The van der Waals surface area contributed by atoms with E-state index in [9.17, 15) is 0 Å². The highest BCUT2D eigenvalue weighted by atomic mass is 32.1. The molecule has 0 saturated heterocycles. The second-order valence-electron chi connectivity index (χ2n) is 3.75.